The molecule has 4 aromatic rings. The third-order valence-corrected chi connectivity index (χ3v) is 7.30. The molecule has 0 atom stereocenters. The molecule has 0 saturated heterocycles. The van der Waals surface area contributed by atoms with Crippen LogP contribution in [0.3, 0.4) is 0 Å². The minimum Gasteiger partial charge on any atom is -0.454 e. The van der Waals surface area contributed by atoms with Crippen molar-refractivity contribution in [1.82, 2.24) is 9.97 Å². The molecule has 2 amide bonds. The summed E-state index contributed by atoms with van der Waals surface area (Å²) in [5.41, 5.74) is 1.36. The number of benzene rings is 2. The van der Waals surface area contributed by atoms with Crippen LogP contribution in [-0.4, -0.2) is 34.3 Å². The van der Waals surface area contributed by atoms with Crippen LogP contribution in [0.25, 0.3) is 10.2 Å². The highest BCUT2D eigenvalue weighted by atomic mass is 32.2. The van der Waals surface area contributed by atoms with Gasteiger partial charge in [-0.15, -0.1) is 11.3 Å². The zero-order chi connectivity index (χ0) is 23.5. The number of fused-ring (bicyclic) bond motifs is 2. The van der Waals surface area contributed by atoms with Crippen molar-refractivity contribution in [3.8, 4) is 11.5 Å². The molecule has 3 heterocycles. The first kappa shape index (κ1) is 22.2. The molecule has 34 heavy (non-hydrogen) atoms. The van der Waals surface area contributed by atoms with E-state index in [-0.39, 0.29) is 24.4 Å². The van der Waals surface area contributed by atoms with Gasteiger partial charge in [-0.05, 0) is 36.8 Å². The molecule has 2 aromatic carbocycles. The molecule has 0 saturated carbocycles. The maximum atomic E-state index is 12.9. The first-order valence-electron chi connectivity index (χ1n) is 10.6. The first-order valence-corrected chi connectivity index (χ1v) is 12.4. The van der Waals surface area contributed by atoms with Gasteiger partial charge in [-0.25, -0.2) is 9.97 Å². The summed E-state index contributed by atoms with van der Waals surface area (Å²) in [7, 11) is 0. The number of ether oxygens (including phenoxy) is 2. The molecule has 2 aromatic heterocycles. The number of aromatic nitrogens is 2. The largest absolute Gasteiger partial charge is 0.454 e. The number of thiophene rings is 1. The fourth-order valence-electron chi connectivity index (χ4n) is 3.46. The zero-order valence-electron chi connectivity index (χ0n) is 18.2. The van der Waals surface area contributed by atoms with Gasteiger partial charge in [0.15, 0.2) is 11.5 Å². The van der Waals surface area contributed by atoms with Gasteiger partial charge in [-0.1, -0.05) is 30.8 Å². The summed E-state index contributed by atoms with van der Waals surface area (Å²) in [5.74, 6) is 0.794. The van der Waals surface area contributed by atoms with Crippen LogP contribution in [0.4, 0.5) is 11.4 Å². The summed E-state index contributed by atoms with van der Waals surface area (Å²) in [6.45, 7) is 2.25. The van der Waals surface area contributed by atoms with Gasteiger partial charge in [0.05, 0.1) is 17.0 Å². The average Bonchev–Trinajstić information content (AvgIpc) is 3.49. The highest BCUT2D eigenvalue weighted by Gasteiger charge is 2.17. The number of thioether (sulfide) groups is 1. The van der Waals surface area contributed by atoms with Crippen molar-refractivity contribution < 1.29 is 19.1 Å². The Balaban J connectivity index is 1.26. The van der Waals surface area contributed by atoms with Gasteiger partial charge in [-0.3, -0.25) is 9.59 Å². The number of aryl methyl sites for hydroxylation is 1. The summed E-state index contributed by atoms with van der Waals surface area (Å²) in [5, 5.41) is 7.42. The van der Waals surface area contributed by atoms with Crippen molar-refractivity contribution in [3.63, 3.8) is 0 Å². The van der Waals surface area contributed by atoms with Crippen molar-refractivity contribution in [3.05, 3.63) is 65.3 Å². The molecule has 1 aliphatic heterocycles. The lowest BCUT2D eigenvalue weighted by molar-refractivity contribution is -0.113. The molecule has 8 nitrogen and oxygen atoms in total. The van der Waals surface area contributed by atoms with E-state index in [0.717, 1.165) is 21.7 Å². The van der Waals surface area contributed by atoms with Crippen LogP contribution in [0.1, 0.15) is 22.2 Å². The number of nitrogens with one attached hydrogen (secondary N) is 2. The predicted molar refractivity (Wildman–Crippen MR) is 133 cm³/mol. The smallest absolute Gasteiger partial charge is 0.257 e. The van der Waals surface area contributed by atoms with E-state index in [0.29, 0.717) is 28.4 Å². The second-order valence-electron chi connectivity index (χ2n) is 7.37. The molecule has 10 heteroatoms. The first-order chi connectivity index (χ1) is 16.6. The number of para-hydroxylation sites is 1. The van der Waals surface area contributed by atoms with E-state index >= 15 is 0 Å². The molecule has 0 unspecified atom stereocenters. The number of carbonyl (C=O) groups is 2. The van der Waals surface area contributed by atoms with Gasteiger partial charge in [-0.2, -0.15) is 0 Å². The number of hydrogen-bond donors (Lipinski definition) is 2. The number of carbonyl (C=O) groups excluding carboxylic acids is 2. The van der Waals surface area contributed by atoms with Crippen LogP contribution < -0.4 is 20.1 Å². The Kier molecular flexibility index (Phi) is 6.33. The lowest BCUT2D eigenvalue weighted by atomic mass is 10.1. The van der Waals surface area contributed by atoms with Crippen LogP contribution in [0.15, 0.2) is 59.9 Å². The normalized spacial score (nSPS) is 12.0. The van der Waals surface area contributed by atoms with Crippen molar-refractivity contribution >= 4 is 56.5 Å². The monoisotopic (exact) mass is 492 g/mol. The molecule has 5 rings (SSSR count). The van der Waals surface area contributed by atoms with Crippen molar-refractivity contribution in [2.75, 3.05) is 23.2 Å². The topological polar surface area (TPSA) is 102 Å². The lowest BCUT2D eigenvalue weighted by Crippen LogP contribution is -2.19. The third-order valence-electron chi connectivity index (χ3n) is 5.11. The Labute approximate surface area is 203 Å². The summed E-state index contributed by atoms with van der Waals surface area (Å²) < 4.78 is 10.7. The summed E-state index contributed by atoms with van der Waals surface area (Å²) in [6, 6.07) is 14.1. The molecule has 0 fully saturated rings. The SMILES string of the molecule is CCc1cc2c(SCC(=O)Nc3ccccc3C(=O)Nc3ccc4c(c3)OCO4)ncnc2s1. The minimum absolute atomic E-state index is 0.154. The van der Waals surface area contributed by atoms with E-state index in [1.807, 2.05) is 0 Å². The maximum absolute atomic E-state index is 12.9. The Morgan fingerprint density at radius 2 is 1.91 bits per heavy atom. The van der Waals surface area contributed by atoms with Crippen LogP contribution in [0.5, 0.6) is 11.5 Å². The van der Waals surface area contributed by atoms with Crippen LogP contribution in [0.2, 0.25) is 0 Å². The molecule has 172 valence electrons. The molecule has 0 radical (unpaired) electrons. The number of hydrogen-bond acceptors (Lipinski definition) is 8. The Morgan fingerprint density at radius 3 is 2.79 bits per heavy atom. The Bertz CT molecular complexity index is 1390. The van der Waals surface area contributed by atoms with Gasteiger partial charge >= 0.3 is 0 Å². The minimum atomic E-state index is -0.342. The summed E-state index contributed by atoms with van der Waals surface area (Å²) in [6.07, 6.45) is 2.45. The molecule has 0 bridgehead atoms. The zero-order valence-corrected chi connectivity index (χ0v) is 19.8. The van der Waals surface area contributed by atoms with Crippen molar-refractivity contribution in [1.29, 1.82) is 0 Å². The molecule has 0 spiro atoms. The standard InChI is InChI=1S/C24H20N4O4S2/c1-2-15-10-17-23(25-12-26-24(17)34-15)33-11-21(29)28-18-6-4-3-5-16(18)22(30)27-14-7-8-19-20(9-14)32-13-31-19/h3-10,12H,2,11,13H2,1H3,(H,27,30)(H,28,29). The number of amides is 2. The fourth-order valence-corrected chi connectivity index (χ4v) is 5.23. The van der Waals surface area contributed by atoms with Gasteiger partial charge in [0.1, 0.15) is 16.2 Å². The van der Waals surface area contributed by atoms with Gasteiger partial charge in [0, 0.05) is 22.0 Å². The quantitative estimate of drug-likeness (QED) is 0.277. The molecule has 0 aliphatic carbocycles. The second kappa shape index (κ2) is 9.70. The lowest BCUT2D eigenvalue weighted by Gasteiger charge is -2.12. The van der Waals surface area contributed by atoms with E-state index in [4.69, 9.17) is 9.47 Å². The average molecular weight is 493 g/mol. The van der Waals surface area contributed by atoms with Gasteiger partial charge in [0.25, 0.3) is 5.91 Å². The van der Waals surface area contributed by atoms with E-state index < -0.39 is 0 Å². The summed E-state index contributed by atoms with van der Waals surface area (Å²) >= 11 is 2.98. The number of rotatable bonds is 7. The fraction of sp³-hybridized carbons (Fsp3) is 0.167. The number of nitrogens with zero attached hydrogens (tertiary/aromatic N) is 2. The summed E-state index contributed by atoms with van der Waals surface area (Å²) in [4.78, 5) is 36.4. The van der Waals surface area contributed by atoms with Gasteiger partial charge in [0.2, 0.25) is 12.7 Å². The second-order valence-corrected chi connectivity index (χ2v) is 9.45. The number of anilines is 2. The van der Waals surface area contributed by atoms with E-state index in [9.17, 15) is 9.59 Å². The predicted octanol–water partition coefficient (Wildman–Crippen LogP) is 4.97. The molecule has 2 N–H and O–H groups in total. The van der Waals surface area contributed by atoms with E-state index in [1.54, 1.807) is 53.8 Å². The van der Waals surface area contributed by atoms with Crippen molar-refractivity contribution in [2.45, 2.75) is 18.4 Å². The maximum Gasteiger partial charge on any atom is 0.257 e. The van der Waals surface area contributed by atoms with Crippen LogP contribution >= 0.6 is 23.1 Å². The van der Waals surface area contributed by atoms with Crippen LogP contribution in [-0.2, 0) is 11.2 Å². The highest BCUT2D eigenvalue weighted by Crippen LogP contribution is 2.34. The molecular weight excluding hydrogens is 472 g/mol. The van der Waals surface area contributed by atoms with E-state index in [2.05, 4.69) is 33.6 Å². The van der Waals surface area contributed by atoms with E-state index in [1.165, 1.54) is 23.0 Å². The third kappa shape index (κ3) is 4.68. The van der Waals surface area contributed by atoms with Gasteiger partial charge < -0.3 is 20.1 Å². The van der Waals surface area contributed by atoms with Crippen molar-refractivity contribution in [2.24, 2.45) is 0 Å². The molecular formula is C24H20N4O4S2. The molecule has 1 aliphatic rings. The highest BCUT2D eigenvalue weighted by molar-refractivity contribution is 8.00. The van der Waals surface area contributed by atoms with Crippen LogP contribution in [0, 0.1) is 0 Å². The Morgan fingerprint density at radius 1 is 1.06 bits per heavy atom. The Hall–Kier alpha value is -3.63.